The second kappa shape index (κ2) is 9.65. The SMILES string of the molecule is CC(C)(C)OC(=O)Oc1ccc2c(c1)Oc1cc(OC(=O)OC(C)(C)C)ccc1C21c2ccccc2-c2ccccc21. The van der Waals surface area contributed by atoms with Gasteiger partial charge in [0.15, 0.2) is 0 Å². The standard InChI is InChI=1S/C35H32O7/c1-33(2,3)41-31(36)38-21-15-17-27-29(19-21)40-30-20-22(39-32(37)42-34(4,5)6)16-18-28(30)35(27)25-13-9-7-11-23(25)24-12-8-10-14-26(24)35/h7-20H,1-6H3. The van der Waals surface area contributed by atoms with E-state index in [1.807, 2.05) is 36.4 Å². The molecule has 0 aromatic heterocycles. The Hall–Kier alpha value is -4.78. The van der Waals surface area contributed by atoms with Gasteiger partial charge in [-0.2, -0.15) is 0 Å². The van der Waals surface area contributed by atoms with E-state index in [9.17, 15) is 9.59 Å². The molecule has 0 fully saturated rings. The highest BCUT2D eigenvalue weighted by atomic mass is 16.7. The lowest BCUT2D eigenvalue weighted by Gasteiger charge is -2.39. The van der Waals surface area contributed by atoms with Gasteiger partial charge in [-0.3, -0.25) is 0 Å². The van der Waals surface area contributed by atoms with Gasteiger partial charge in [-0.25, -0.2) is 9.59 Å². The molecule has 4 aromatic carbocycles. The molecule has 7 heteroatoms. The Labute approximate surface area is 244 Å². The summed E-state index contributed by atoms with van der Waals surface area (Å²) in [7, 11) is 0. The molecular weight excluding hydrogens is 532 g/mol. The fraction of sp³-hybridized carbons (Fsp3) is 0.257. The van der Waals surface area contributed by atoms with E-state index in [2.05, 4.69) is 24.3 Å². The molecular formula is C35H32O7. The highest BCUT2D eigenvalue weighted by molar-refractivity contribution is 5.88. The van der Waals surface area contributed by atoms with Crippen LogP contribution in [0.2, 0.25) is 0 Å². The third-order valence-electron chi connectivity index (χ3n) is 7.07. The van der Waals surface area contributed by atoms with Crippen molar-refractivity contribution in [3.8, 4) is 34.1 Å². The largest absolute Gasteiger partial charge is 0.514 e. The van der Waals surface area contributed by atoms with E-state index in [-0.39, 0.29) is 11.5 Å². The summed E-state index contributed by atoms with van der Waals surface area (Å²) < 4.78 is 28.2. The first-order valence-corrected chi connectivity index (χ1v) is 13.8. The van der Waals surface area contributed by atoms with E-state index in [1.54, 1.807) is 65.8 Å². The van der Waals surface area contributed by atoms with Crippen molar-refractivity contribution in [2.45, 2.75) is 58.2 Å². The van der Waals surface area contributed by atoms with Gasteiger partial charge in [0, 0.05) is 23.3 Å². The second-order valence-electron chi connectivity index (χ2n) is 12.4. The van der Waals surface area contributed by atoms with Crippen molar-refractivity contribution in [1.82, 2.24) is 0 Å². The van der Waals surface area contributed by atoms with Crippen LogP contribution in [-0.2, 0) is 14.9 Å². The van der Waals surface area contributed by atoms with Crippen LogP contribution in [0.25, 0.3) is 11.1 Å². The van der Waals surface area contributed by atoms with Crippen LogP contribution in [0.3, 0.4) is 0 Å². The topological polar surface area (TPSA) is 80.3 Å². The number of benzene rings is 4. The van der Waals surface area contributed by atoms with Crippen molar-refractivity contribution >= 4 is 12.3 Å². The van der Waals surface area contributed by atoms with E-state index >= 15 is 0 Å². The van der Waals surface area contributed by atoms with Crippen LogP contribution in [0.15, 0.2) is 84.9 Å². The van der Waals surface area contributed by atoms with E-state index < -0.39 is 28.9 Å². The number of hydrogen-bond acceptors (Lipinski definition) is 7. The summed E-state index contributed by atoms with van der Waals surface area (Å²) in [4.78, 5) is 24.9. The molecule has 0 saturated carbocycles. The zero-order chi connectivity index (χ0) is 29.9. The number of hydrogen-bond donors (Lipinski definition) is 0. The van der Waals surface area contributed by atoms with Crippen molar-refractivity contribution < 1.29 is 33.3 Å². The van der Waals surface area contributed by atoms with Crippen LogP contribution in [0.5, 0.6) is 23.0 Å². The molecule has 0 bridgehead atoms. The number of carbonyl (C=O) groups excluding carboxylic acids is 2. The van der Waals surface area contributed by atoms with Crippen LogP contribution in [-0.4, -0.2) is 23.5 Å². The van der Waals surface area contributed by atoms with Gasteiger partial charge in [0.25, 0.3) is 0 Å². The van der Waals surface area contributed by atoms with Gasteiger partial charge in [-0.1, -0.05) is 60.7 Å². The predicted molar refractivity (Wildman–Crippen MR) is 158 cm³/mol. The molecule has 1 aliphatic heterocycles. The Morgan fingerprint density at radius 2 is 0.976 bits per heavy atom. The summed E-state index contributed by atoms with van der Waals surface area (Å²) >= 11 is 0. The fourth-order valence-corrected chi connectivity index (χ4v) is 5.73. The summed E-state index contributed by atoms with van der Waals surface area (Å²) in [5, 5.41) is 0. The quantitative estimate of drug-likeness (QED) is 0.154. The molecule has 1 heterocycles. The smallest absolute Gasteiger partial charge is 0.456 e. The molecule has 4 aromatic rings. The van der Waals surface area contributed by atoms with Crippen molar-refractivity contribution in [3.05, 3.63) is 107 Å². The molecule has 0 N–H and O–H groups in total. The summed E-state index contributed by atoms with van der Waals surface area (Å²) in [6.45, 7) is 10.6. The van der Waals surface area contributed by atoms with Gasteiger partial charge in [0.2, 0.25) is 0 Å². The Bertz CT molecular complexity index is 1600. The normalized spacial score (nSPS) is 14.0. The lowest BCUT2D eigenvalue weighted by atomic mass is 9.66. The zero-order valence-corrected chi connectivity index (χ0v) is 24.4. The van der Waals surface area contributed by atoms with Gasteiger partial charge in [-0.05, 0) is 75.9 Å². The fourth-order valence-electron chi connectivity index (χ4n) is 5.73. The van der Waals surface area contributed by atoms with Gasteiger partial charge in [0.05, 0.1) is 5.41 Å². The Kier molecular flexibility index (Phi) is 6.30. The third kappa shape index (κ3) is 4.75. The number of ether oxygens (including phenoxy) is 5. The molecule has 0 amide bonds. The Morgan fingerprint density at radius 3 is 1.38 bits per heavy atom. The van der Waals surface area contributed by atoms with Crippen molar-refractivity contribution in [1.29, 1.82) is 0 Å². The van der Waals surface area contributed by atoms with Gasteiger partial charge >= 0.3 is 12.3 Å². The third-order valence-corrected chi connectivity index (χ3v) is 7.07. The number of carbonyl (C=O) groups is 2. The van der Waals surface area contributed by atoms with Crippen molar-refractivity contribution in [2.24, 2.45) is 0 Å². The van der Waals surface area contributed by atoms with Crippen LogP contribution < -0.4 is 14.2 Å². The first-order valence-electron chi connectivity index (χ1n) is 13.8. The van der Waals surface area contributed by atoms with Gasteiger partial charge in [0.1, 0.15) is 34.2 Å². The first kappa shape index (κ1) is 27.4. The Balaban J connectivity index is 1.51. The minimum atomic E-state index is -0.807. The lowest BCUT2D eigenvalue weighted by molar-refractivity contribution is 0.0193. The van der Waals surface area contributed by atoms with Crippen LogP contribution in [0.1, 0.15) is 63.8 Å². The van der Waals surface area contributed by atoms with Crippen molar-refractivity contribution in [2.75, 3.05) is 0 Å². The molecule has 0 radical (unpaired) electrons. The van der Waals surface area contributed by atoms with Gasteiger partial charge < -0.3 is 23.7 Å². The molecule has 7 nitrogen and oxygen atoms in total. The van der Waals surface area contributed by atoms with E-state index in [0.29, 0.717) is 11.5 Å². The lowest BCUT2D eigenvalue weighted by Crippen LogP contribution is -2.32. The molecule has 6 rings (SSSR count). The number of fused-ring (bicyclic) bond motifs is 9. The average molecular weight is 565 g/mol. The molecule has 1 aliphatic carbocycles. The number of rotatable bonds is 2. The molecule has 2 aliphatic rings. The highest BCUT2D eigenvalue weighted by Gasteiger charge is 2.51. The van der Waals surface area contributed by atoms with Crippen LogP contribution in [0, 0.1) is 0 Å². The van der Waals surface area contributed by atoms with Crippen LogP contribution in [0.4, 0.5) is 9.59 Å². The summed E-state index contributed by atoms with van der Waals surface area (Å²) in [6, 6.07) is 27.4. The predicted octanol–water partition coefficient (Wildman–Crippen LogP) is 8.78. The second-order valence-corrected chi connectivity index (χ2v) is 12.4. The minimum absolute atomic E-state index is 0.280. The maximum atomic E-state index is 12.5. The summed E-state index contributed by atoms with van der Waals surface area (Å²) in [5.41, 5.74) is 4.08. The monoisotopic (exact) mass is 564 g/mol. The van der Waals surface area contributed by atoms with E-state index in [1.165, 1.54) is 0 Å². The van der Waals surface area contributed by atoms with E-state index in [0.717, 1.165) is 33.4 Å². The zero-order valence-electron chi connectivity index (χ0n) is 24.4. The summed E-state index contributed by atoms with van der Waals surface area (Å²) in [5.74, 6) is 1.57. The first-order chi connectivity index (χ1) is 19.8. The minimum Gasteiger partial charge on any atom is -0.456 e. The van der Waals surface area contributed by atoms with E-state index in [4.69, 9.17) is 23.7 Å². The molecule has 0 atom stereocenters. The molecule has 42 heavy (non-hydrogen) atoms. The molecule has 0 saturated heterocycles. The molecule has 214 valence electrons. The van der Waals surface area contributed by atoms with Crippen LogP contribution >= 0.6 is 0 Å². The maximum Gasteiger partial charge on any atom is 0.514 e. The maximum absolute atomic E-state index is 12.5. The van der Waals surface area contributed by atoms with Gasteiger partial charge in [-0.15, -0.1) is 0 Å². The highest BCUT2D eigenvalue weighted by Crippen LogP contribution is 2.62. The average Bonchev–Trinajstić information content (AvgIpc) is 3.17. The Morgan fingerprint density at radius 1 is 0.571 bits per heavy atom. The molecule has 0 unspecified atom stereocenters. The summed E-state index contributed by atoms with van der Waals surface area (Å²) in [6.07, 6.45) is -1.61. The molecule has 1 spiro atoms. The van der Waals surface area contributed by atoms with Crippen molar-refractivity contribution in [3.63, 3.8) is 0 Å².